The number of carbonyl (C=O) groups excluding carboxylic acids is 4. The van der Waals surface area contributed by atoms with Gasteiger partial charge >= 0.3 is 39.5 Å². The largest absolute Gasteiger partial charge is 0.472 e. The summed E-state index contributed by atoms with van der Waals surface area (Å²) in [5.41, 5.74) is 0. The SMILES string of the molecule is CCCCCCCCCCCCCC(=O)OC[C@H](COP(=O)(O)OC[C@H](O)COP(=O)(O)OC[C@@H](COC(=O)CCCCCCCCCCCCCCCCCC(C)C)OC(=O)CCCCCCCCCCCCCCCCCC(C)C)OC(=O)CCCCCCCCCCC(C)CC. The highest BCUT2D eigenvalue weighted by Crippen LogP contribution is 2.45. The third kappa shape index (κ3) is 72.8. The van der Waals surface area contributed by atoms with E-state index in [0.29, 0.717) is 25.7 Å². The normalized spacial score (nSPS) is 14.3. The van der Waals surface area contributed by atoms with Crippen molar-refractivity contribution in [2.45, 2.75) is 433 Å². The zero-order valence-electron chi connectivity index (χ0n) is 65.0. The van der Waals surface area contributed by atoms with Crippen molar-refractivity contribution in [1.82, 2.24) is 0 Å². The minimum atomic E-state index is -4.96. The van der Waals surface area contributed by atoms with E-state index in [-0.39, 0.29) is 25.7 Å². The number of phosphoric ester groups is 2. The van der Waals surface area contributed by atoms with E-state index in [1.807, 2.05) is 0 Å². The van der Waals surface area contributed by atoms with Gasteiger partial charge in [0.2, 0.25) is 0 Å². The molecule has 588 valence electrons. The van der Waals surface area contributed by atoms with Crippen LogP contribution >= 0.6 is 15.6 Å². The fourth-order valence-corrected chi connectivity index (χ4v) is 13.9. The second kappa shape index (κ2) is 70.4. The topological polar surface area (TPSA) is 237 Å². The average Bonchev–Trinajstić information content (AvgIpc) is 1.04. The van der Waals surface area contributed by atoms with Crippen LogP contribution < -0.4 is 0 Å². The summed E-state index contributed by atoms with van der Waals surface area (Å²) in [7, 11) is -9.92. The Morgan fingerprint density at radius 1 is 0.293 bits per heavy atom. The van der Waals surface area contributed by atoms with E-state index < -0.39 is 97.5 Å². The van der Waals surface area contributed by atoms with Crippen molar-refractivity contribution in [3.05, 3.63) is 0 Å². The van der Waals surface area contributed by atoms with Crippen LogP contribution in [0.25, 0.3) is 0 Å². The van der Waals surface area contributed by atoms with Gasteiger partial charge in [0, 0.05) is 25.7 Å². The number of aliphatic hydroxyl groups is 1. The molecule has 0 aromatic carbocycles. The lowest BCUT2D eigenvalue weighted by molar-refractivity contribution is -0.161. The number of hydrogen-bond donors (Lipinski definition) is 3. The molecule has 0 aliphatic carbocycles. The lowest BCUT2D eigenvalue weighted by Crippen LogP contribution is -2.30. The highest BCUT2D eigenvalue weighted by Gasteiger charge is 2.30. The molecule has 3 N–H and O–H groups in total. The molecule has 3 unspecified atom stereocenters. The third-order valence-corrected chi connectivity index (χ3v) is 20.9. The van der Waals surface area contributed by atoms with Gasteiger partial charge in [0.15, 0.2) is 12.2 Å². The molecule has 0 aromatic heterocycles. The fraction of sp³-hybridized carbons (Fsp3) is 0.950. The van der Waals surface area contributed by atoms with E-state index in [1.54, 1.807) is 0 Å². The van der Waals surface area contributed by atoms with Gasteiger partial charge in [-0.05, 0) is 43.4 Å². The number of unbranched alkanes of at least 4 members (excludes halogenated alkanes) is 45. The van der Waals surface area contributed by atoms with Crippen LogP contribution in [0.2, 0.25) is 0 Å². The van der Waals surface area contributed by atoms with Crippen LogP contribution in [0.5, 0.6) is 0 Å². The van der Waals surface area contributed by atoms with E-state index in [2.05, 4.69) is 48.5 Å². The zero-order valence-corrected chi connectivity index (χ0v) is 66.8. The van der Waals surface area contributed by atoms with Crippen molar-refractivity contribution in [2.24, 2.45) is 17.8 Å². The van der Waals surface area contributed by atoms with Gasteiger partial charge in [-0.3, -0.25) is 37.3 Å². The molecular weight excluding hydrogens is 1290 g/mol. The molecule has 17 nitrogen and oxygen atoms in total. The van der Waals surface area contributed by atoms with Gasteiger partial charge in [-0.25, -0.2) is 9.13 Å². The number of carbonyl (C=O) groups is 4. The summed E-state index contributed by atoms with van der Waals surface area (Å²) in [6, 6.07) is 0. The van der Waals surface area contributed by atoms with Gasteiger partial charge < -0.3 is 33.8 Å². The first-order valence-electron chi connectivity index (χ1n) is 41.4. The Morgan fingerprint density at radius 3 is 0.768 bits per heavy atom. The zero-order chi connectivity index (χ0) is 73.0. The maximum Gasteiger partial charge on any atom is 0.472 e. The molecule has 0 saturated heterocycles. The number of hydrogen-bond acceptors (Lipinski definition) is 15. The minimum Gasteiger partial charge on any atom is -0.462 e. The number of phosphoric acid groups is 2. The molecule has 0 heterocycles. The van der Waals surface area contributed by atoms with Crippen LogP contribution in [0.1, 0.15) is 414 Å². The predicted octanol–water partition coefficient (Wildman–Crippen LogP) is 23.7. The predicted molar refractivity (Wildman–Crippen MR) is 405 cm³/mol. The molecule has 0 aliphatic rings. The van der Waals surface area contributed by atoms with Crippen LogP contribution in [0.4, 0.5) is 0 Å². The van der Waals surface area contributed by atoms with E-state index in [4.69, 9.17) is 37.0 Å². The molecule has 0 fully saturated rings. The summed E-state index contributed by atoms with van der Waals surface area (Å²) < 4.78 is 68.7. The Balaban J connectivity index is 5.24. The van der Waals surface area contributed by atoms with Crippen LogP contribution in [0.3, 0.4) is 0 Å². The van der Waals surface area contributed by atoms with Crippen LogP contribution in [-0.2, 0) is 65.4 Å². The number of ether oxygens (including phenoxy) is 4. The Hall–Kier alpha value is -1.94. The molecule has 0 rings (SSSR count). The van der Waals surface area contributed by atoms with Gasteiger partial charge in [0.1, 0.15) is 19.3 Å². The molecule has 0 spiro atoms. The molecule has 0 radical (unpaired) electrons. The van der Waals surface area contributed by atoms with Gasteiger partial charge in [-0.2, -0.15) is 0 Å². The second-order valence-electron chi connectivity index (χ2n) is 30.0. The van der Waals surface area contributed by atoms with Crippen molar-refractivity contribution < 1.29 is 80.2 Å². The summed E-state index contributed by atoms with van der Waals surface area (Å²) in [5.74, 6) is 0.266. The second-order valence-corrected chi connectivity index (χ2v) is 32.9. The Labute approximate surface area is 607 Å². The Kier molecular flexibility index (Phi) is 69.0. The molecule has 0 aliphatic heterocycles. The van der Waals surface area contributed by atoms with Gasteiger partial charge in [0.05, 0.1) is 26.4 Å². The molecular formula is C80H156O17P2. The average molecular weight is 1450 g/mol. The van der Waals surface area contributed by atoms with Crippen molar-refractivity contribution in [3.8, 4) is 0 Å². The molecule has 99 heavy (non-hydrogen) atoms. The van der Waals surface area contributed by atoms with Crippen LogP contribution in [0.15, 0.2) is 0 Å². The smallest absolute Gasteiger partial charge is 0.462 e. The summed E-state index contributed by atoms with van der Waals surface area (Å²) in [6.07, 6.45) is 58.2. The monoisotopic (exact) mass is 1450 g/mol. The first kappa shape index (κ1) is 97.1. The van der Waals surface area contributed by atoms with Crippen molar-refractivity contribution in [1.29, 1.82) is 0 Å². The maximum atomic E-state index is 13.1. The van der Waals surface area contributed by atoms with Crippen molar-refractivity contribution >= 4 is 39.5 Å². The number of rotatable bonds is 78. The van der Waals surface area contributed by atoms with E-state index >= 15 is 0 Å². The Bertz CT molecular complexity index is 1920. The molecule has 0 amide bonds. The highest BCUT2D eigenvalue weighted by molar-refractivity contribution is 7.47. The summed E-state index contributed by atoms with van der Waals surface area (Å²) in [5, 5.41) is 10.6. The Morgan fingerprint density at radius 2 is 0.515 bits per heavy atom. The first-order valence-corrected chi connectivity index (χ1v) is 44.4. The van der Waals surface area contributed by atoms with Gasteiger partial charge in [-0.15, -0.1) is 0 Å². The minimum absolute atomic E-state index is 0.105. The third-order valence-electron chi connectivity index (χ3n) is 19.0. The molecule has 0 bridgehead atoms. The van der Waals surface area contributed by atoms with Crippen molar-refractivity contribution in [3.63, 3.8) is 0 Å². The summed E-state index contributed by atoms with van der Waals surface area (Å²) in [4.78, 5) is 73.0. The maximum absolute atomic E-state index is 13.1. The molecule has 19 heteroatoms. The quantitative estimate of drug-likeness (QED) is 0.0222. The van der Waals surface area contributed by atoms with Gasteiger partial charge in [-0.1, -0.05) is 363 Å². The highest BCUT2D eigenvalue weighted by atomic mass is 31.2. The van der Waals surface area contributed by atoms with E-state index in [1.165, 1.54) is 225 Å². The van der Waals surface area contributed by atoms with E-state index in [9.17, 15) is 43.2 Å². The lowest BCUT2D eigenvalue weighted by Gasteiger charge is -2.21. The number of esters is 4. The summed E-state index contributed by atoms with van der Waals surface area (Å²) in [6.45, 7) is 12.0. The van der Waals surface area contributed by atoms with Crippen molar-refractivity contribution in [2.75, 3.05) is 39.6 Å². The lowest BCUT2D eigenvalue weighted by atomic mass is 9.99. The molecule has 6 atom stereocenters. The first-order chi connectivity index (χ1) is 47.8. The molecule has 0 aromatic rings. The standard InChI is InChI=1S/C80H156O17P2/c1-8-10-11-12-13-14-25-32-40-47-54-61-77(82)90-68-76(97-80(85)64-57-50-43-36-35-39-46-53-60-73(7)9-2)70-95-99(88,89)93-66-74(81)65-92-98(86,87)94-69-75(96-79(84)63-56-49-42-34-29-24-20-16-18-22-27-31-38-45-52-59-72(5)6)67-91-78(83)62-55-48-41-33-28-23-19-15-17-21-26-30-37-44-51-58-71(3)4/h71-76,81H,8-70H2,1-7H3,(H,86,87)(H,88,89)/t73?,74-,75-,76-/m1/s1. The van der Waals surface area contributed by atoms with E-state index in [0.717, 1.165) is 108 Å². The molecule has 0 saturated carbocycles. The summed E-state index contributed by atoms with van der Waals surface area (Å²) >= 11 is 0. The fourth-order valence-electron chi connectivity index (χ4n) is 12.3. The van der Waals surface area contributed by atoms with Crippen LogP contribution in [-0.4, -0.2) is 96.7 Å². The van der Waals surface area contributed by atoms with Gasteiger partial charge in [0.25, 0.3) is 0 Å². The van der Waals surface area contributed by atoms with Crippen LogP contribution in [0, 0.1) is 17.8 Å². The number of aliphatic hydroxyl groups excluding tert-OH is 1.